The van der Waals surface area contributed by atoms with Crippen molar-refractivity contribution in [2.45, 2.75) is 65.1 Å². The Hall–Kier alpha value is -0.622. The van der Waals surface area contributed by atoms with Crippen molar-refractivity contribution in [3.05, 3.63) is 49.0 Å². The molecule has 27 heavy (non-hydrogen) atoms. The van der Waals surface area contributed by atoms with Crippen molar-refractivity contribution in [3.8, 4) is 0 Å². The van der Waals surface area contributed by atoms with Crippen molar-refractivity contribution in [1.29, 1.82) is 0 Å². The average molecular weight is 443 g/mol. The maximum Gasteiger partial charge on any atom is 0.470 e. The highest BCUT2D eigenvalue weighted by Crippen LogP contribution is 2.31. The van der Waals surface area contributed by atoms with Crippen molar-refractivity contribution in [3.63, 3.8) is 0 Å². The van der Waals surface area contributed by atoms with E-state index in [1.807, 2.05) is 24.0 Å². The van der Waals surface area contributed by atoms with Gasteiger partial charge in [0.15, 0.2) is 5.78 Å². The number of rotatable bonds is 14. The van der Waals surface area contributed by atoms with Crippen LogP contribution in [0.5, 0.6) is 0 Å². The molecule has 0 saturated carbocycles. The lowest BCUT2D eigenvalue weighted by molar-refractivity contribution is -0.114. The van der Waals surface area contributed by atoms with E-state index < -0.39 is 33.8 Å². The van der Waals surface area contributed by atoms with Crippen molar-refractivity contribution in [2.24, 2.45) is 0 Å². The van der Waals surface area contributed by atoms with Gasteiger partial charge in [0.25, 0.3) is 0 Å². The van der Waals surface area contributed by atoms with Crippen LogP contribution < -0.4 is 0 Å². The summed E-state index contributed by atoms with van der Waals surface area (Å²) in [4.78, 5) is 11.9. The predicted molar refractivity (Wildman–Crippen MR) is 126 cm³/mol. The van der Waals surface area contributed by atoms with Crippen LogP contribution in [-0.4, -0.2) is 39.5 Å². The number of allylic oxidation sites excluding steroid dienone is 2. The fraction of sp³-hybridized carbons (Fsp3) is 0.526. The van der Waals surface area contributed by atoms with E-state index >= 15 is 0 Å². The van der Waals surface area contributed by atoms with E-state index in [4.69, 9.17) is 12.3 Å². The molecule has 0 aromatic rings. The standard InChI is InChI=1S/C19H38O4Si4/c1-11-16-19(20)17-15-18-27(21-24(5,6)12-2,22-25(7,8)13-3)23-26(9,10)14-4/h11-14,16H,2-4,15,17-18H2,1,5-10H3. The van der Waals surface area contributed by atoms with Crippen LogP contribution in [-0.2, 0) is 17.1 Å². The highest BCUT2D eigenvalue weighted by molar-refractivity contribution is 6.93. The molecule has 0 bridgehead atoms. The summed E-state index contributed by atoms with van der Waals surface area (Å²) in [6.45, 7) is 26.2. The van der Waals surface area contributed by atoms with Crippen LogP contribution in [0.4, 0.5) is 0 Å². The van der Waals surface area contributed by atoms with Gasteiger partial charge in [0.1, 0.15) is 0 Å². The van der Waals surface area contributed by atoms with Crippen molar-refractivity contribution in [1.82, 2.24) is 0 Å². The van der Waals surface area contributed by atoms with Crippen molar-refractivity contribution < 1.29 is 17.1 Å². The summed E-state index contributed by atoms with van der Waals surface area (Å²) in [5.74, 6) is 0.112. The number of ketones is 1. The normalized spacial score (nSPS) is 13.6. The number of carbonyl (C=O) groups is 1. The first kappa shape index (κ1) is 26.4. The van der Waals surface area contributed by atoms with Gasteiger partial charge in [-0.15, -0.1) is 19.7 Å². The van der Waals surface area contributed by atoms with Gasteiger partial charge in [-0.2, -0.15) is 0 Å². The van der Waals surface area contributed by atoms with Gasteiger partial charge >= 0.3 is 8.80 Å². The second kappa shape index (κ2) is 10.8. The van der Waals surface area contributed by atoms with Crippen LogP contribution >= 0.6 is 0 Å². The highest BCUT2D eigenvalue weighted by atomic mass is 28.5. The molecule has 0 rings (SSSR count). The Labute approximate surface area is 170 Å². The minimum absolute atomic E-state index is 0.112. The Bertz CT molecular complexity index is 513. The summed E-state index contributed by atoms with van der Waals surface area (Å²) in [5, 5.41) is 0. The summed E-state index contributed by atoms with van der Waals surface area (Å²) in [6, 6.07) is 0.606. The van der Waals surface area contributed by atoms with Gasteiger partial charge in [0.05, 0.1) is 0 Å². The third-order valence-electron chi connectivity index (χ3n) is 3.99. The van der Waals surface area contributed by atoms with E-state index in [0.717, 1.165) is 0 Å². The molecule has 154 valence electrons. The fourth-order valence-electron chi connectivity index (χ4n) is 2.29. The summed E-state index contributed by atoms with van der Waals surface area (Å²) < 4.78 is 20.0. The predicted octanol–water partition coefficient (Wildman–Crippen LogP) is 5.69. The van der Waals surface area contributed by atoms with Crippen molar-refractivity contribution in [2.75, 3.05) is 0 Å². The molecule has 0 heterocycles. The van der Waals surface area contributed by atoms with Crippen LogP contribution in [0, 0.1) is 0 Å². The van der Waals surface area contributed by atoms with E-state index in [-0.39, 0.29) is 5.78 Å². The molecule has 0 radical (unpaired) electrons. The van der Waals surface area contributed by atoms with E-state index in [9.17, 15) is 4.79 Å². The molecular weight excluding hydrogens is 405 g/mol. The zero-order valence-electron chi connectivity index (χ0n) is 18.3. The molecule has 0 aliphatic rings. The summed E-state index contributed by atoms with van der Waals surface area (Å²) in [7, 11) is -9.59. The van der Waals surface area contributed by atoms with Gasteiger partial charge in [-0.25, -0.2) is 0 Å². The lowest BCUT2D eigenvalue weighted by Crippen LogP contribution is -2.61. The smallest absolute Gasteiger partial charge is 0.413 e. The first-order valence-electron chi connectivity index (χ1n) is 9.43. The molecule has 4 nitrogen and oxygen atoms in total. The van der Waals surface area contributed by atoms with Gasteiger partial charge < -0.3 is 12.3 Å². The van der Waals surface area contributed by atoms with Crippen LogP contribution in [0.2, 0.25) is 45.3 Å². The molecule has 0 aliphatic carbocycles. The lowest BCUT2D eigenvalue weighted by atomic mass is 10.2. The fourth-order valence-corrected chi connectivity index (χ4v) is 16.4. The third-order valence-corrected chi connectivity index (χ3v) is 17.9. The lowest BCUT2D eigenvalue weighted by Gasteiger charge is -2.43. The minimum Gasteiger partial charge on any atom is -0.413 e. The maximum atomic E-state index is 11.9. The Balaban J connectivity index is 5.88. The molecule has 0 saturated heterocycles. The quantitative estimate of drug-likeness (QED) is 0.256. The topological polar surface area (TPSA) is 44.8 Å². The van der Waals surface area contributed by atoms with E-state index in [1.54, 1.807) is 12.2 Å². The molecule has 0 unspecified atom stereocenters. The van der Waals surface area contributed by atoms with E-state index in [0.29, 0.717) is 18.9 Å². The average Bonchev–Trinajstić information content (AvgIpc) is 2.53. The van der Waals surface area contributed by atoms with Gasteiger partial charge in [0, 0.05) is 12.5 Å². The van der Waals surface area contributed by atoms with Crippen LogP contribution in [0.25, 0.3) is 0 Å². The van der Waals surface area contributed by atoms with E-state index in [2.05, 4.69) is 59.0 Å². The van der Waals surface area contributed by atoms with Crippen LogP contribution in [0.15, 0.2) is 49.0 Å². The first-order valence-corrected chi connectivity index (χ1v) is 20.3. The third kappa shape index (κ3) is 10.5. The molecular formula is C19H38O4Si4. The summed E-state index contributed by atoms with van der Waals surface area (Å²) >= 11 is 0. The maximum absolute atomic E-state index is 11.9. The first-order chi connectivity index (χ1) is 12.3. The van der Waals surface area contributed by atoms with Gasteiger partial charge in [-0.3, -0.25) is 4.79 Å². The minimum atomic E-state index is -3.06. The molecule has 0 aromatic carbocycles. The monoisotopic (exact) mass is 442 g/mol. The molecule has 0 atom stereocenters. The van der Waals surface area contributed by atoms with Gasteiger partial charge in [-0.05, 0) is 58.7 Å². The Kier molecular flexibility index (Phi) is 10.5. The molecule has 0 aromatic heterocycles. The Morgan fingerprint density at radius 2 is 1.19 bits per heavy atom. The largest absolute Gasteiger partial charge is 0.470 e. The summed E-state index contributed by atoms with van der Waals surface area (Å²) in [5.41, 5.74) is 5.70. The highest BCUT2D eigenvalue weighted by Gasteiger charge is 2.50. The van der Waals surface area contributed by atoms with Crippen LogP contribution in [0.1, 0.15) is 19.8 Å². The second-order valence-electron chi connectivity index (χ2n) is 8.23. The molecule has 0 aliphatic heterocycles. The van der Waals surface area contributed by atoms with Crippen LogP contribution in [0.3, 0.4) is 0 Å². The SMILES string of the molecule is C=C[Si](C)(C)O[Si](CCCC(=O)C=CC)(O[Si](C)(C)C=C)O[Si](C)(C)C=C. The number of hydrogen-bond acceptors (Lipinski definition) is 4. The molecule has 0 fully saturated rings. The molecule has 0 N–H and O–H groups in total. The summed E-state index contributed by atoms with van der Waals surface area (Å²) in [6.07, 6.45) is 4.50. The molecule has 0 amide bonds. The van der Waals surface area contributed by atoms with Gasteiger partial charge in [0.2, 0.25) is 25.0 Å². The number of carbonyl (C=O) groups excluding carboxylic acids is 1. The van der Waals surface area contributed by atoms with Crippen molar-refractivity contribution >= 4 is 39.5 Å². The van der Waals surface area contributed by atoms with E-state index in [1.165, 1.54) is 0 Å². The van der Waals surface area contributed by atoms with Gasteiger partial charge in [-0.1, -0.05) is 23.2 Å². The Morgan fingerprint density at radius 3 is 1.48 bits per heavy atom. The zero-order valence-corrected chi connectivity index (χ0v) is 22.3. The molecule has 8 heteroatoms. The number of hydrogen-bond donors (Lipinski definition) is 0. The second-order valence-corrected chi connectivity index (χ2v) is 23.4. The Morgan fingerprint density at radius 1 is 0.815 bits per heavy atom. The molecule has 0 spiro atoms. The zero-order chi connectivity index (χ0) is 21.4.